The van der Waals surface area contributed by atoms with E-state index >= 15 is 0 Å². The minimum Gasteiger partial charge on any atom is -0.382 e. The van der Waals surface area contributed by atoms with E-state index in [0.29, 0.717) is 5.82 Å². The Morgan fingerprint density at radius 1 is 1.24 bits per heavy atom. The highest BCUT2D eigenvalue weighted by Gasteiger charge is 2.14. The molecular formula is C11H16N6. The van der Waals surface area contributed by atoms with Crippen molar-refractivity contribution in [2.75, 3.05) is 5.73 Å². The van der Waals surface area contributed by atoms with E-state index in [4.69, 9.17) is 5.73 Å². The average molecular weight is 232 g/mol. The van der Waals surface area contributed by atoms with Crippen molar-refractivity contribution >= 4 is 5.82 Å². The van der Waals surface area contributed by atoms with Crippen molar-refractivity contribution in [2.24, 2.45) is 0 Å². The molecule has 2 aromatic rings. The van der Waals surface area contributed by atoms with Gasteiger partial charge >= 0.3 is 0 Å². The molecule has 0 aromatic carbocycles. The van der Waals surface area contributed by atoms with Crippen LogP contribution in [0, 0.1) is 13.8 Å². The van der Waals surface area contributed by atoms with Gasteiger partial charge in [-0.3, -0.25) is 0 Å². The summed E-state index contributed by atoms with van der Waals surface area (Å²) in [5, 5.41) is 16.1. The summed E-state index contributed by atoms with van der Waals surface area (Å²) in [5.74, 6) is 0.473. The van der Waals surface area contributed by atoms with Gasteiger partial charge < -0.3 is 5.73 Å². The summed E-state index contributed by atoms with van der Waals surface area (Å²) in [6, 6.07) is 0. The second-order valence-electron chi connectivity index (χ2n) is 4.03. The van der Waals surface area contributed by atoms with Crippen LogP contribution in [0.1, 0.15) is 24.5 Å². The van der Waals surface area contributed by atoms with Crippen LogP contribution >= 0.6 is 0 Å². The van der Waals surface area contributed by atoms with Gasteiger partial charge in [0.05, 0.1) is 6.20 Å². The minimum absolute atomic E-state index is 0.473. The second kappa shape index (κ2) is 4.48. The van der Waals surface area contributed by atoms with Crippen LogP contribution in [-0.4, -0.2) is 25.2 Å². The SMILES string of the molecule is CCCn1nncc1-c1nnc(N)c(C)c1C. The van der Waals surface area contributed by atoms with E-state index in [1.54, 1.807) is 6.20 Å². The van der Waals surface area contributed by atoms with Gasteiger partial charge in [0.15, 0.2) is 0 Å². The molecule has 6 heteroatoms. The first-order chi connectivity index (χ1) is 8.15. The smallest absolute Gasteiger partial charge is 0.149 e. The molecule has 0 radical (unpaired) electrons. The normalized spacial score (nSPS) is 10.8. The van der Waals surface area contributed by atoms with Crippen molar-refractivity contribution in [3.05, 3.63) is 17.3 Å². The molecule has 90 valence electrons. The summed E-state index contributed by atoms with van der Waals surface area (Å²) in [4.78, 5) is 0. The van der Waals surface area contributed by atoms with Gasteiger partial charge in [-0.05, 0) is 31.4 Å². The molecule has 2 rings (SSSR count). The lowest BCUT2D eigenvalue weighted by atomic mass is 10.1. The van der Waals surface area contributed by atoms with Crippen molar-refractivity contribution in [3.8, 4) is 11.4 Å². The van der Waals surface area contributed by atoms with E-state index in [1.165, 1.54) is 0 Å². The Balaban J connectivity index is 2.53. The van der Waals surface area contributed by atoms with Crippen molar-refractivity contribution in [3.63, 3.8) is 0 Å². The summed E-state index contributed by atoms with van der Waals surface area (Å²) in [5.41, 5.74) is 9.40. The quantitative estimate of drug-likeness (QED) is 0.863. The molecule has 0 amide bonds. The largest absolute Gasteiger partial charge is 0.382 e. The van der Waals surface area contributed by atoms with Gasteiger partial charge in [0.1, 0.15) is 17.2 Å². The summed E-state index contributed by atoms with van der Waals surface area (Å²) in [6.45, 7) is 6.84. The molecule has 6 nitrogen and oxygen atoms in total. The van der Waals surface area contributed by atoms with Crippen LogP contribution in [0.5, 0.6) is 0 Å². The first-order valence-corrected chi connectivity index (χ1v) is 5.63. The van der Waals surface area contributed by atoms with E-state index in [1.807, 2.05) is 18.5 Å². The fraction of sp³-hybridized carbons (Fsp3) is 0.455. The highest BCUT2D eigenvalue weighted by molar-refractivity contribution is 5.62. The van der Waals surface area contributed by atoms with Gasteiger partial charge in [0.2, 0.25) is 0 Å². The summed E-state index contributed by atoms with van der Waals surface area (Å²) in [7, 11) is 0. The fourth-order valence-electron chi connectivity index (χ4n) is 1.68. The van der Waals surface area contributed by atoms with E-state index < -0.39 is 0 Å². The molecule has 0 atom stereocenters. The van der Waals surface area contributed by atoms with Gasteiger partial charge in [0.25, 0.3) is 0 Å². The lowest BCUT2D eigenvalue weighted by Crippen LogP contribution is -2.07. The summed E-state index contributed by atoms with van der Waals surface area (Å²) in [6.07, 6.45) is 2.71. The molecule has 0 aliphatic rings. The molecule has 0 fully saturated rings. The second-order valence-corrected chi connectivity index (χ2v) is 4.03. The van der Waals surface area contributed by atoms with Crippen LogP contribution in [0.3, 0.4) is 0 Å². The van der Waals surface area contributed by atoms with Gasteiger partial charge in [0, 0.05) is 6.54 Å². The number of aromatic nitrogens is 5. The minimum atomic E-state index is 0.473. The van der Waals surface area contributed by atoms with Crippen LogP contribution in [0.4, 0.5) is 5.82 Å². The number of nitrogens with two attached hydrogens (primary N) is 1. The Labute approximate surface area is 99.9 Å². The van der Waals surface area contributed by atoms with Crippen molar-refractivity contribution in [1.29, 1.82) is 0 Å². The third-order valence-corrected chi connectivity index (χ3v) is 2.86. The Bertz CT molecular complexity index is 531. The third-order valence-electron chi connectivity index (χ3n) is 2.86. The maximum absolute atomic E-state index is 5.73. The highest BCUT2D eigenvalue weighted by Crippen LogP contribution is 2.23. The van der Waals surface area contributed by atoms with Crippen LogP contribution < -0.4 is 5.73 Å². The number of hydrogen-bond donors (Lipinski definition) is 1. The van der Waals surface area contributed by atoms with E-state index in [9.17, 15) is 0 Å². The Morgan fingerprint density at radius 3 is 2.71 bits per heavy atom. The zero-order valence-corrected chi connectivity index (χ0v) is 10.3. The van der Waals surface area contributed by atoms with Crippen molar-refractivity contribution in [1.82, 2.24) is 25.2 Å². The van der Waals surface area contributed by atoms with Crippen LogP contribution in [0.2, 0.25) is 0 Å². The molecule has 0 saturated heterocycles. The van der Waals surface area contributed by atoms with E-state index in [0.717, 1.165) is 35.5 Å². The molecule has 2 heterocycles. The lowest BCUT2D eigenvalue weighted by molar-refractivity contribution is 0.582. The van der Waals surface area contributed by atoms with Gasteiger partial charge in [-0.15, -0.1) is 15.3 Å². The molecule has 0 spiro atoms. The fourth-order valence-corrected chi connectivity index (χ4v) is 1.68. The predicted molar refractivity (Wildman–Crippen MR) is 65.2 cm³/mol. The maximum Gasteiger partial charge on any atom is 0.149 e. The van der Waals surface area contributed by atoms with Gasteiger partial charge in [-0.25, -0.2) is 4.68 Å². The Hall–Kier alpha value is -1.98. The topological polar surface area (TPSA) is 82.5 Å². The zero-order valence-electron chi connectivity index (χ0n) is 10.3. The van der Waals surface area contributed by atoms with Crippen LogP contribution in [0.15, 0.2) is 6.20 Å². The number of anilines is 1. The third kappa shape index (κ3) is 1.98. The summed E-state index contributed by atoms with van der Waals surface area (Å²) >= 11 is 0. The molecule has 2 aromatic heterocycles. The Kier molecular flexibility index (Phi) is 3.03. The van der Waals surface area contributed by atoms with Crippen molar-refractivity contribution in [2.45, 2.75) is 33.7 Å². The molecular weight excluding hydrogens is 216 g/mol. The number of rotatable bonds is 3. The Morgan fingerprint density at radius 2 is 2.00 bits per heavy atom. The lowest BCUT2D eigenvalue weighted by Gasteiger charge is -2.09. The number of nitrogens with zero attached hydrogens (tertiary/aromatic N) is 5. The first-order valence-electron chi connectivity index (χ1n) is 5.63. The first kappa shape index (κ1) is 11.5. The zero-order chi connectivity index (χ0) is 12.4. The number of nitrogen functional groups attached to an aromatic ring is 1. The molecule has 0 saturated carbocycles. The monoisotopic (exact) mass is 232 g/mol. The van der Waals surface area contributed by atoms with Gasteiger partial charge in [-0.2, -0.15) is 0 Å². The molecule has 0 aliphatic carbocycles. The van der Waals surface area contributed by atoms with Crippen LogP contribution in [0.25, 0.3) is 11.4 Å². The van der Waals surface area contributed by atoms with E-state index in [2.05, 4.69) is 27.4 Å². The van der Waals surface area contributed by atoms with Crippen molar-refractivity contribution < 1.29 is 0 Å². The number of aryl methyl sites for hydroxylation is 1. The van der Waals surface area contributed by atoms with E-state index in [-0.39, 0.29) is 0 Å². The molecule has 0 bridgehead atoms. The molecule has 0 aliphatic heterocycles. The maximum atomic E-state index is 5.73. The molecule has 0 unspecified atom stereocenters. The average Bonchev–Trinajstić information content (AvgIpc) is 2.75. The molecule has 2 N–H and O–H groups in total. The standard InChI is InChI=1S/C11H16N6/c1-4-5-17-9(6-13-16-17)10-7(2)8(3)11(12)15-14-10/h6H,4-5H2,1-3H3,(H2,12,15). The highest BCUT2D eigenvalue weighted by atomic mass is 15.4. The number of hydrogen-bond acceptors (Lipinski definition) is 5. The molecule has 17 heavy (non-hydrogen) atoms. The van der Waals surface area contributed by atoms with Gasteiger partial charge in [-0.1, -0.05) is 12.1 Å². The van der Waals surface area contributed by atoms with Crippen LogP contribution in [-0.2, 0) is 6.54 Å². The predicted octanol–water partition coefficient (Wildman–Crippen LogP) is 1.34. The summed E-state index contributed by atoms with van der Waals surface area (Å²) < 4.78 is 1.84.